The summed E-state index contributed by atoms with van der Waals surface area (Å²) in [6.07, 6.45) is 4.96. The Hall–Kier alpha value is -2.17. The minimum Gasteiger partial charge on any atom is -0.466 e. The maximum Gasteiger partial charge on any atom is 0.313 e. The number of nitrogens with one attached hydrogen (secondary N) is 1. The lowest BCUT2D eigenvalue weighted by Gasteiger charge is -2.15. The van der Waals surface area contributed by atoms with Crippen molar-refractivity contribution in [1.82, 2.24) is 5.32 Å². The average molecular weight is 291 g/mol. The predicted octanol–water partition coefficient (Wildman–Crippen LogP) is 1.85. The zero-order valence-corrected chi connectivity index (χ0v) is 12.5. The quantitative estimate of drug-likeness (QED) is 0.574. The van der Waals surface area contributed by atoms with Crippen molar-refractivity contribution in [2.24, 2.45) is 0 Å². The van der Waals surface area contributed by atoms with E-state index in [9.17, 15) is 14.4 Å². The molecular formula is C16H21NO4. The Labute approximate surface area is 124 Å². The van der Waals surface area contributed by atoms with Crippen LogP contribution in [0.2, 0.25) is 0 Å². The molecule has 0 aromatic heterocycles. The number of Topliss-reactive ketones (excluding diaryl/α,β-unsaturated/α-hetero) is 1. The van der Waals surface area contributed by atoms with Gasteiger partial charge in [0.25, 0.3) is 0 Å². The summed E-state index contributed by atoms with van der Waals surface area (Å²) in [6.45, 7) is 7.42. The van der Waals surface area contributed by atoms with Gasteiger partial charge in [0.2, 0.25) is 5.91 Å². The topological polar surface area (TPSA) is 72.5 Å². The first-order chi connectivity index (χ1) is 9.95. The molecule has 0 radical (unpaired) electrons. The van der Waals surface area contributed by atoms with Gasteiger partial charge < -0.3 is 10.1 Å². The van der Waals surface area contributed by atoms with E-state index >= 15 is 0 Å². The lowest BCUT2D eigenvalue weighted by atomic mass is 9.93. The zero-order chi connectivity index (χ0) is 15.8. The molecule has 0 heterocycles. The fourth-order valence-corrected chi connectivity index (χ4v) is 2.02. The van der Waals surface area contributed by atoms with E-state index < -0.39 is 5.97 Å². The molecule has 5 heteroatoms. The first kappa shape index (κ1) is 16.9. The van der Waals surface area contributed by atoms with E-state index in [-0.39, 0.29) is 31.3 Å². The summed E-state index contributed by atoms with van der Waals surface area (Å²) in [6, 6.07) is 0. The molecule has 1 rings (SSSR count). The van der Waals surface area contributed by atoms with E-state index in [2.05, 4.69) is 16.6 Å². The van der Waals surface area contributed by atoms with Gasteiger partial charge in [-0.25, -0.2) is 0 Å². The van der Waals surface area contributed by atoms with Crippen molar-refractivity contribution in [3.05, 3.63) is 35.5 Å². The molecule has 1 N–H and O–H groups in total. The Kier molecular flexibility index (Phi) is 6.59. The summed E-state index contributed by atoms with van der Waals surface area (Å²) < 4.78 is 4.68. The molecule has 0 fully saturated rings. The number of carbonyl (C=O) groups excluding carboxylic acids is 3. The van der Waals surface area contributed by atoms with Crippen molar-refractivity contribution >= 4 is 17.7 Å². The van der Waals surface area contributed by atoms with E-state index in [0.29, 0.717) is 12.0 Å². The molecule has 0 saturated heterocycles. The molecule has 0 aliphatic heterocycles. The van der Waals surface area contributed by atoms with Crippen molar-refractivity contribution in [3.63, 3.8) is 0 Å². The maximum absolute atomic E-state index is 12.1. The van der Waals surface area contributed by atoms with Crippen molar-refractivity contribution < 1.29 is 19.1 Å². The van der Waals surface area contributed by atoms with Gasteiger partial charge in [0.1, 0.15) is 6.42 Å². The highest BCUT2D eigenvalue weighted by molar-refractivity contribution is 6.01. The number of esters is 1. The van der Waals surface area contributed by atoms with Crippen molar-refractivity contribution in [2.45, 2.75) is 33.1 Å². The number of allylic oxidation sites excluding steroid dienone is 4. The van der Waals surface area contributed by atoms with Crippen molar-refractivity contribution in [2.75, 3.05) is 13.2 Å². The maximum atomic E-state index is 12.1. The monoisotopic (exact) mass is 291 g/mol. The lowest BCUT2D eigenvalue weighted by Crippen LogP contribution is -2.32. The van der Waals surface area contributed by atoms with Gasteiger partial charge >= 0.3 is 5.97 Å². The third-order valence-electron chi connectivity index (χ3n) is 3.00. The average Bonchev–Trinajstić information content (AvgIpc) is 2.44. The van der Waals surface area contributed by atoms with Gasteiger partial charge in [-0.05, 0) is 32.3 Å². The van der Waals surface area contributed by atoms with E-state index in [4.69, 9.17) is 0 Å². The summed E-state index contributed by atoms with van der Waals surface area (Å²) in [5.41, 5.74) is 2.26. The predicted molar refractivity (Wildman–Crippen MR) is 79.5 cm³/mol. The number of carbonyl (C=O) groups is 3. The highest BCUT2D eigenvalue weighted by atomic mass is 16.5. The molecular weight excluding hydrogens is 270 g/mol. The van der Waals surface area contributed by atoms with Gasteiger partial charge in [-0.3, -0.25) is 14.4 Å². The van der Waals surface area contributed by atoms with E-state index in [0.717, 1.165) is 17.6 Å². The van der Waals surface area contributed by atoms with Crippen LogP contribution in [0.4, 0.5) is 0 Å². The summed E-state index contributed by atoms with van der Waals surface area (Å²) in [4.78, 5) is 34.8. The SMILES string of the molecule is C=C(C)C1=C(C(=O)NCC(=O)CC(=O)OCC)CCC=C1. The molecule has 21 heavy (non-hydrogen) atoms. The Morgan fingerprint density at radius 2 is 2.10 bits per heavy atom. The second-order valence-corrected chi connectivity index (χ2v) is 4.82. The normalized spacial score (nSPS) is 13.8. The van der Waals surface area contributed by atoms with Crippen molar-refractivity contribution in [3.8, 4) is 0 Å². The number of rotatable bonds is 7. The zero-order valence-electron chi connectivity index (χ0n) is 12.5. The highest BCUT2D eigenvalue weighted by Gasteiger charge is 2.18. The second-order valence-electron chi connectivity index (χ2n) is 4.82. The third-order valence-corrected chi connectivity index (χ3v) is 3.00. The Bertz CT molecular complexity index is 514. The number of hydrogen-bond acceptors (Lipinski definition) is 4. The Morgan fingerprint density at radius 1 is 1.38 bits per heavy atom. The van der Waals surface area contributed by atoms with E-state index in [1.807, 2.05) is 19.1 Å². The number of ether oxygens (including phenoxy) is 1. The molecule has 0 spiro atoms. The minimum atomic E-state index is -0.570. The molecule has 1 aliphatic rings. The van der Waals surface area contributed by atoms with Crippen LogP contribution in [-0.4, -0.2) is 30.8 Å². The fraction of sp³-hybridized carbons (Fsp3) is 0.438. The Morgan fingerprint density at radius 3 is 2.71 bits per heavy atom. The second kappa shape index (κ2) is 8.19. The van der Waals surface area contributed by atoms with Crippen molar-refractivity contribution in [1.29, 1.82) is 0 Å². The summed E-state index contributed by atoms with van der Waals surface area (Å²) >= 11 is 0. The van der Waals surface area contributed by atoms with Crippen LogP contribution in [0.15, 0.2) is 35.5 Å². The van der Waals surface area contributed by atoms with Gasteiger partial charge in [0.15, 0.2) is 5.78 Å². The molecule has 0 aromatic carbocycles. The molecule has 0 bridgehead atoms. The standard InChI is InChI=1S/C16H21NO4/c1-4-21-15(19)9-12(18)10-17-16(20)14-8-6-5-7-13(14)11(2)3/h5,7H,2,4,6,8-10H2,1,3H3,(H,17,20). The van der Waals surface area contributed by atoms with Crippen LogP contribution in [0.25, 0.3) is 0 Å². The molecule has 0 aromatic rings. The van der Waals surface area contributed by atoms with E-state index in [1.54, 1.807) is 6.92 Å². The molecule has 0 saturated carbocycles. The Balaban J connectivity index is 2.57. The van der Waals surface area contributed by atoms with Crippen LogP contribution in [0.1, 0.15) is 33.1 Å². The summed E-state index contributed by atoms with van der Waals surface area (Å²) in [7, 11) is 0. The van der Waals surface area contributed by atoms with Gasteiger partial charge in [0, 0.05) is 5.57 Å². The summed E-state index contributed by atoms with van der Waals surface area (Å²) in [5, 5.41) is 2.56. The first-order valence-corrected chi connectivity index (χ1v) is 6.96. The molecule has 5 nitrogen and oxygen atoms in total. The molecule has 1 amide bonds. The van der Waals surface area contributed by atoms with Gasteiger partial charge in [-0.15, -0.1) is 0 Å². The van der Waals surface area contributed by atoms with E-state index in [1.165, 1.54) is 0 Å². The van der Waals surface area contributed by atoms with Crippen LogP contribution in [-0.2, 0) is 19.1 Å². The first-order valence-electron chi connectivity index (χ1n) is 6.96. The number of hydrogen-bond donors (Lipinski definition) is 1. The molecule has 114 valence electrons. The highest BCUT2D eigenvalue weighted by Crippen LogP contribution is 2.23. The third kappa shape index (κ3) is 5.38. The summed E-state index contributed by atoms with van der Waals surface area (Å²) in [5.74, 6) is -1.22. The molecule has 0 unspecified atom stereocenters. The van der Waals surface area contributed by atoms with Crippen LogP contribution >= 0.6 is 0 Å². The van der Waals surface area contributed by atoms with Crippen LogP contribution < -0.4 is 5.32 Å². The molecule has 0 atom stereocenters. The fourth-order valence-electron chi connectivity index (χ4n) is 2.02. The van der Waals surface area contributed by atoms with Crippen LogP contribution in [0, 0.1) is 0 Å². The van der Waals surface area contributed by atoms with Gasteiger partial charge in [-0.1, -0.05) is 24.3 Å². The smallest absolute Gasteiger partial charge is 0.313 e. The van der Waals surface area contributed by atoms with Crippen LogP contribution in [0.3, 0.4) is 0 Å². The molecule has 1 aliphatic carbocycles. The van der Waals surface area contributed by atoms with Crippen LogP contribution in [0.5, 0.6) is 0 Å². The minimum absolute atomic E-state index is 0.172. The number of ketones is 1. The number of amides is 1. The largest absolute Gasteiger partial charge is 0.466 e. The van der Waals surface area contributed by atoms with Gasteiger partial charge in [-0.2, -0.15) is 0 Å². The lowest BCUT2D eigenvalue weighted by molar-refractivity contribution is -0.145. The van der Waals surface area contributed by atoms with Gasteiger partial charge in [0.05, 0.1) is 13.2 Å².